The van der Waals surface area contributed by atoms with E-state index < -0.39 is 0 Å². The van der Waals surface area contributed by atoms with E-state index in [4.69, 9.17) is 13.9 Å². The van der Waals surface area contributed by atoms with Crippen molar-refractivity contribution >= 4 is 11.9 Å². The van der Waals surface area contributed by atoms with Crippen LogP contribution < -0.4 is 4.74 Å². The van der Waals surface area contributed by atoms with Crippen molar-refractivity contribution in [2.45, 2.75) is 33.2 Å². The van der Waals surface area contributed by atoms with Gasteiger partial charge in [-0.3, -0.25) is 9.59 Å². The van der Waals surface area contributed by atoms with Gasteiger partial charge in [0.05, 0.1) is 31.2 Å². The fourth-order valence-electron chi connectivity index (χ4n) is 2.42. The molecule has 0 saturated carbocycles. The standard InChI is InChI=1S/C18H23N3O5/c1-4-15(12-26-14(3)23)21(13(2)22)7-9-24-16-10-19-18(20-11-16)17-6-5-8-25-17/h5-6,8,10-11,15H,4,7,9,12H2,1-3H3. The molecule has 1 atom stereocenters. The van der Waals surface area contributed by atoms with E-state index in [9.17, 15) is 9.59 Å². The number of amides is 1. The van der Waals surface area contributed by atoms with E-state index >= 15 is 0 Å². The number of hydrogen-bond acceptors (Lipinski definition) is 7. The van der Waals surface area contributed by atoms with Gasteiger partial charge in [-0.2, -0.15) is 0 Å². The van der Waals surface area contributed by atoms with E-state index in [0.717, 1.165) is 0 Å². The second kappa shape index (κ2) is 9.55. The summed E-state index contributed by atoms with van der Waals surface area (Å²) in [7, 11) is 0. The molecule has 8 nitrogen and oxygen atoms in total. The summed E-state index contributed by atoms with van der Waals surface area (Å²) in [4.78, 5) is 32.9. The van der Waals surface area contributed by atoms with Gasteiger partial charge in [0.25, 0.3) is 0 Å². The maximum absolute atomic E-state index is 11.9. The summed E-state index contributed by atoms with van der Waals surface area (Å²) in [6.07, 6.45) is 5.34. The smallest absolute Gasteiger partial charge is 0.302 e. The third-order valence-corrected chi connectivity index (χ3v) is 3.77. The quantitative estimate of drug-likeness (QED) is 0.632. The van der Waals surface area contributed by atoms with Crippen LogP contribution in [0, 0.1) is 0 Å². The zero-order chi connectivity index (χ0) is 18.9. The SMILES string of the molecule is CCC(COC(C)=O)N(CCOc1cnc(-c2ccco2)nc1)C(C)=O. The summed E-state index contributed by atoms with van der Waals surface area (Å²) in [6, 6.07) is 3.35. The second-order valence-electron chi connectivity index (χ2n) is 5.65. The van der Waals surface area contributed by atoms with Gasteiger partial charge in [-0.05, 0) is 18.6 Å². The highest BCUT2D eigenvalue weighted by molar-refractivity contribution is 5.73. The minimum atomic E-state index is -0.364. The van der Waals surface area contributed by atoms with E-state index in [-0.39, 0.29) is 31.1 Å². The van der Waals surface area contributed by atoms with Gasteiger partial charge in [0, 0.05) is 13.8 Å². The van der Waals surface area contributed by atoms with Gasteiger partial charge in [0.15, 0.2) is 17.3 Å². The number of rotatable bonds is 9. The Morgan fingerprint density at radius 1 is 1.27 bits per heavy atom. The van der Waals surface area contributed by atoms with Crippen molar-refractivity contribution in [3.8, 4) is 17.3 Å². The van der Waals surface area contributed by atoms with Gasteiger partial charge < -0.3 is 18.8 Å². The van der Waals surface area contributed by atoms with Crippen LogP contribution in [0.1, 0.15) is 27.2 Å². The fraction of sp³-hybridized carbons (Fsp3) is 0.444. The lowest BCUT2D eigenvalue weighted by Crippen LogP contribution is -2.44. The molecule has 2 heterocycles. The average molecular weight is 361 g/mol. The summed E-state index contributed by atoms with van der Waals surface area (Å²) >= 11 is 0. The van der Waals surface area contributed by atoms with Crippen LogP contribution in [0.5, 0.6) is 5.75 Å². The molecule has 0 aromatic carbocycles. The van der Waals surface area contributed by atoms with E-state index in [1.54, 1.807) is 35.7 Å². The van der Waals surface area contributed by atoms with Crippen molar-refractivity contribution in [2.24, 2.45) is 0 Å². The first-order chi connectivity index (χ1) is 12.5. The van der Waals surface area contributed by atoms with Gasteiger partial charge in [-0.15, -0.1) is 0 Å². The normalized spacial score (nSPS) is 11.7. The van der Waals surface area contributed by atoms with Crippen LogP contribution in [-0.4, -0.2) is 52.5 Å². The Morgan fingerprint density at radius 3 is 2.54 bits per heavy atom. The zero-order valence-corrected chi connectivity index (χ0v) is 15.2. The number of carbonyl (C=O) groups excluding carboxylic acids is 2. The fourth-order valence-corrected chi connectivity index (χ4v) is 2.42. The maximum Gasteiger partial charge on any atom is 0.302 e. The summed E-state index contributed by atoms with van der Waals surface area (Å²) in [5.41, 5.74) is 0. The first-order valence-corrected chi connectivity index (χ1v) is 8.40. The molecule has 0 fully saturated rings. The molecule has 8 heteroatoms. The van der Waals surface area contributed by atoms with Gasteiger partial charge in [-0.1, -0.05) is 6.92 Å². The monoisotopic (exact) mass is 361 g/mol. The summed E-state index contributed by atoms with van der Waals surface area (Å²) < 4.78 is 15.9. The lowest BCUT2D eigenvalue weighted by molar-refractivity contribution is -0.146. The Morgan fingerprint density at radius 2 is 2.00 bits per heavy atom. The molecular weight excluding hydrogens is 338 g/mol. The van der Waals surface area contributed by atoms with E-state index in [2.05, 4.69) is 9.97 Å². The number of ether oxygens (including phenoxy) is 2. The summed E-state index contributed by atoms with van der Waals surface area (Å²) in [5, 5.41) is 0. The molecule has 0 N–H and O–H groups in total. The number of hydrogen-bond donors (Lipinski definition) is 0. The molecule has 2 aromatic heterocycles. The Labute approximate surface area is 152 Å². The Bertz CT molecular complexity index is 700. The molecule has 0 aliphatic carbocycles. The number of esters is 1. The van der Waals surface area contributed by atoms with Gasteiger partial charge in [-0.25, -0.2) is 9.97 Å². The van der Waals surface area contributed by atoms with Crippen molar-refractivity contribution in [3.63, 3.8) is 0 Å². The Balaban J connectivity index is 1.88. The highest BCUT2D eigenvalue weighted by Crippen LogP contribution is 2.16. The van der Waals surface area contributed by atoms with Crippen LogP contribution in [0.15, 0.2) is 35.2 Å². The number of furan rings is 1. The summed E-state index contributed by atoms with van der Waals surface area (Å²) in [6.45, 7) is 5.59. The van der Waals surface area contributed by atoms with Crippen LogP contribution in [-0.2, 0) is 14.3 Å². The third kappa shape index (κ3) is 5.58. The molecule has 0 spiro atoms. The number of carbonyl (C=O) groups is 2. The van der Waals surface area contributed by atoms with Crippen LogP contribution in [0.2, 0.25) is 0 Å². The highest BCUT2D eigenvalue weighted by Gasteiger charge is 2.20. The van der Waals surface area contributed by atoms with Crippen LogP contribution >= 0.6 is 0 Å². The zero-order valence-electron chi connectivity index (χ0n) is 15.2. The van der Waals surface area contributed by atoms with E-state index in [1.807, 2.05) is 6.92 Å². The lowest BCUT2D eigenvalue weighted by Gasteiger charge is -2.29. The van der Waals surface area contributed by atoms with Crippen LogP contribution in [0.4, 0.5) is 0 Å². The largest absolute Gasteiger partial charge is 0.489 e. The van der Waals surface area contributed by atoms with Gasteiger partial charge in [0.1, 0.15) is 13.2 Å². The molecule has 0 radical (unpaired) electrons. The van der Waals surface area contributed by atoms with Crippen LogP contribution in [0.25, 0.3) is 11.6 Å². The first kappa shape index (κ1) is 19.4. The van der Waals surface area contributed by atoms with Gasteiger partial charge >= 0.3 is 5.97 Å². The molecule has 0 saturated heterocycles. The molecule has 2 aromatic rings. The Hall–Kier alpha value is -2.90. The molecular formula is C18H23N3O5. The summed E-state index contributed by atoms with van der Waals surface area (Å²) in [5.74, 6) is 1.08. The average Bonchev–Trinajstić information content (AvgIpc) is 3.15. The maximum atomic E-state index is 11.9. The minimum absolute atomic E-state index is 0.1000. The predicted octanol–water partition coefficient (Wildman–Crippen LogP) is 2.31. The first-order valence-electron chi connectivity index (χ1n) is 8.40. The minimum Gasteiger partial charge on any atom is -0.489 e. The van der Waals surface area contributed by atoms with Crippen molar-refractivity contribution in [2.75, 3.05) is 19.8 Å². The van der Waals surface area contributed by atoms with Crippen LogP contribution in [0.3, 0.4) is 0 Å². The molecule has 0 aliphatic heterocycles. The molecule has 26 heavy (non-hydrogen) atoms. The Kier molecular flexibility index (Phi) is 7.13. The number of nitrogens with zero attached hydrogens (tertiary/aromatic N) is 3. The highest BCUT2D eigenvalue weighted by atomic mass is 16.5. The predicted molar refractivity (Wildman–Crippen MR) is 93.3 cm³/mol. The molecule has 0 bridgehead atoms. The van der Waals surface area contributed by atoms with Crippen molar-refractivity contribution in [1.29, 1.82) is 0 Å². The van der Waals surface area contributed by atoms with Gasteiger partial charge in [0.2, 0.25) is 5.91 Å². The second-order valence-corrected chi connectivity index (χ2v) is 5.65. The van der Waals surface area contributed by atoms with E-state index in [1.165, 1.54) is 13.8 Å². The van der Waals surface area contributed by atoms with Crippen molar-refractivity contribution in [3.05, 3.63) is 30.8 Å². The van der Waals surface area contributed by atoms with Crippen molar-refractivity contribution in [1.82, 2.24) is 14.9 Å². The topological polar surface area (TPSA) is 94.8 Å². The molecule has 2 rings (SSSR count). The molecule has 0 aliphatic rings. The number of aromatic nitrogens is 2. The van der Waals surface area contributed by atoms with E-state index in [0.29, 0.717) is 30.3 Å². The molecule has 1 unspecified atom stereocenters. The molecule has 140 valence electrons. The third-order valence-electron chi connectivity index (χ3n) is 3.77. The van der Waals surface area contributed by atoms with Crippen molar-refractivity contribution < 1.29 is 23.5 Å². The molecule has 1 amide bonds. The lowest BCUT2D eigenvalue weighted by atomic mass is 10.2.